The Kier molecular flexibility index (Phi) is 3.50. The van der Waals surface area contributed by atoms with Crippen molar-refractivity contribution in [3.63, 3.8) is 0 Å². The van der Waals surface area contributed by atoms with Crippen molar-refractivity contribution in [2.24, 2.45) is 20.0 Å². The molecule has 1 atom stereocenters. The molecule has 2 N–H and O–H groups in total. The van der Waals surface area contributed by atoms with Crippen LogP contribution in [0.5, 0.6) is 0 Å². The molecule has 0 saturated heterocycles. The van der Waals surface area contributed by atoms with Gasteiger partial charge in [0, 0.05) is 38.2 Å². The molecule has 21 heavy (non-hydrogen) atoms. The van der Waals surface area contributed by atoms with Gasteiger partial charge in [-0.05, 0) is 18.8 Å². The van der Waals surface area contributed by atoms with Gasteiger partial charge < -0.3 is 15.0 Å². The van der Waals surface area contributed by atoms with E-state index in [1.54, 1.807) is 34.9 Å². The smallest absolute Gasteiger partial charge is 0.287 e. The van der Waals surface area contributed by atoms with Crippen LogP contribution >= 0.6 is 0 Å². The van der Waals surface area contributed by atoms with Crippen LogP contribution in [0.1, 0.15) is 35.1 Å². The van der Waals surface area contributed by atoms with Gasteiger partial charge in [0.15, 0.2) is 5.82 Å². The van der Waals surface area contributed by atoms with E-state index in [1.807, 2.05) is 13.2 Å². The van der Waals surface area contributed by atoms with Crippen LogP contribution in [0.2, 0.25) is 0 Å². The Balaban J connectivity index is 1.79. The van der Waals surface area contributed by atoms with Crippen LogP contribution in [0.3, 0.4) is 0 Å². The maximum Gasteiger partial charge on any atom is 0.287 e. The Morgan fingerprint density at radius 2 is 2.24 bits per heavy atom. The van der Waals surface area contributed by atoms with Gasteiger partial charge in [0.2, 0.25) is 0 Å². The number of imidazole rings is 1. The highest BCUT2D eigenvalue weighted by molar-refractivity contribution is 5.91. The number of nitrogens with one attached hydrogen (secondary N) is 1. The van der Waals surface area contributed by atoms with Gasteiger partial charge in [-0.2, -0.15) is 5.10 Å². The summed E-state index contributed by atoms with van der Waals surface area (Å²) in [7, 11) is 3.63. The summed E-state index contributed by atoms with van der Waals surface area (Å²) in [5.41, 5.74) is 0.956. The van der Waals surface area contributed by atoms with Crippen molar-refractivity contribution in [2.75, 3.05) is 0 Å². The number of carbonyl (C=O) groups is 1. The number of hydrogen-bond donors (Lipinski definition) is 2. The lowest BCUT2D eigenvalue weighted by molar-refractivity contribution is 0.0233. The Bertz CT molecular complexity index is 641. The molecule has 0 spiro atoms. The van der Waals surface area contributed by atoms with Crippen LogP contribution in [-0.4, -0.2) is 36.4 Å². The third-order valence-electron chi connectivity index (χ3n) is 4.02. The van der Waals surface area contributed by atoms with E-state index in [4.69, 9.17) is 0 Å². The lowest BCUT2D eigenvalue weighted by Gasteiger charge is -2.37. The number of nitrogens with zero attached hydrogens (tertiary/aromatic N) is 4. The summed E-state index contributed by atoms with van der Waals surface area (Å²) in [6.07, 6.45) is 8.12. The maximum atomic E-state index is 12.4. The molecule has 0 aliphatic heterocycles. The summed E-state index contributed by atoms with van der Waals surface area (Å²) in [6, 6.07) is -0.147. The average Bonchev–Trinajstić information content (AvgIpc) is 3.01. The first kappa shape index (κ1) is 13.8. The fourth-order valence-electron chi connectivity index (χ4n) is 2.77. The van der Waals surface area contributed by atoms with Crippen molar-refractivity contribution in [3.8, 4) is 0 Å². The molecule has 7 heteroatoms. The lowest BCUT2D eigenvalue weighted by atomic mass is 9.75. The zero-order chi connectivity index (χ0) is 15.0. The largest absolute Gasteiger partial charge is 0.393 e. The number of amides is 1. The minimum Gasteiger partial charge on any atom is -0.393 e. The summed E-state index contributed by atoms with van der Waals surface area (Å²) >= 11 is 0. The summed E-state index contributed by atoms with van der Waals surface area (Å²) in [6.45, 7) is 0. The van der Waals surface area contributed by atoms with Gasteiger partial charge in [-0.3, -0.25) is 9.48 Å². The molecule has 0 aromatic carbocycles. The second-order valence-corrected chi connectivity index (χ2v) is 5.65. The molecular weight excluding hydrogens is 270 g/mol. The Morgan fingerprint density at radius 3 is 2.76 bits per heavy atom. The minimum atomic E-state index is -0.265. The monoisotopic (exact) mass is 289 g/mol. The first-order valence-corrected chi connectivity index (χ1v) is 6.99. The van der Waals surface area contributed by atoms with Crippen LogP contribution < -0.4 is 5.32 Å². The zero-order valence-corrected chi connectivity index (χ0v) is 12.1. The quantitative estimate of drug-likeness (QED) is 0.853. The van der Waals surface area contributed by atoms with Crippen molar-refractivity contribution < 1.29 is 9.90 Å². The molecule has 1 amide bonds. The topological polar surface area (TPSA) is 85.0 Å². The van der Waals surface area contributed by atoms with Gasteiger partial charge >= 0.3 is 0 Å². The summed E-state index contributed by atoms with van der Waals surface area (Å²) in [4.78, 5) is 16.4. The molecule has 1 fully saturated rings. The van der Waals surface area contributed by atoms with Gasteiger partial charge in [-0.15, -0.1) is 0 Å². The Morgan fingerprint density at radius 1 is 1.48 bits per heavy atom. The molecule has 1 aliphatic rings. The normalized spacial score (nSPS) is 22.6. The summed E-state index contributed by atoms with van der Waals surface area (Å²) < 4.78 is 3.40. The first-order chi connectivity index (χ1) is 10.0. The van der Waals surface area contributed by atoms with E-state index in [-0.39, 0.29) is 24.0 Å². The standard InChI is InChI=1S/C14H19N5O2/c1-18-4-3-15-13(18)14(21)17-12(9-5-11(20)6-9)10-7-16-19(2)8-10/h3-4,7-9,11-12,20H,5-6H2,1-2H3,(H,17,21)/t9?,11?,12-/m1/s1. The number of hydrogen-bond acceptors (Lipinski definition) is 4. The third kappa shape index (κ3) is 2.69. The highest BCUT2D eigenvalue weighted by atomic mass is 16.3. The second kappa shape index (κ2) is 5.33. The van der Waals surface area contributed by atoms with Crippen LogP contribution in [-0.2, 0) is 14.1 Å². The molecule has 2 heterocycles. The molecule has 0 unspecified atom stereocenters. The number of aromatic nitrogens is 4. The molecule has 7 nitrogen and oxygen atoms in total. The highest BCUT2D eigenvalue weighted by Gasteiger charge is 2.36. The molecule has 2 aromatic rings. The molecule has 1 saturated carbocycles. The van der Waals surface area contributed by atoms with E-state index in [9.17, 15) is 9.90 Å². The van der Waals surface area contributed by atoms with Crippen molar-refractivity contribution in [2.45, 2.75) is 25.0 Å². The van der Waals surface area contributed by atoms with Crippen LogP contribution in [0.15, 0.2) is 24.8 Å². The molecule has 3 rings (SSSR count). The number of carbonyl (C=O) groups excluding carboxylic acids is 1. The Hall–Kier alpha value is -2.15. The van der Waals surface area contributed by atoms with E-state index in [1.165, 1.54) is 0 Å². The van der Waals surface area contributed by atoms with Crippen LogP contribution in [0.25, 0.3) is 0 Å². The maximum absolute atomic E-state index is 12.4. The van der Waals surface area contributed by atoms with Gasteiger partial charge in [0.1, 0.15) is 0 Å². The molecule has 0 radical (unpaired) electrons. The van der Waals surface area contributed by atoms with Crippen molar-refractivity contribution >= 4 is 5.91 Å². The average molecular weight is 289 g/mol. The van der Waals surface area contributed by atoms with Gasteiger partial charge in [0.05, 0.1) is 18.3 Å². The predicted octanol–water partition coefficient (Wildman–Crippen LogP) is 0.396. The van der Waals surface area contributed by atoms with Crippen LogP contribution in [0.4, 0.5) is 0 Å². The number of aryl methyl sites for hydroxylation is 2. The fourth-order valence-corrected chi connectivity index (χ4v) is 2.77. The number of rotatable bonds is 4. The molecule has 1 aliphatic carbocycles. The SMILES string of the molecule is Cn1cc([C@H](NC(=O)c2nccn2C)C2CC(O)C2)cn1. The first-order valence-electron chi connectivity index (χ1n) is 6.99. The van der Waals surface area contributed by atoms with Crippen molar-refractivity contribution in [1.29, 1.82) is 0 Å². The molecule has 0 bridgehead atoms. The molecule has 2 aromatic heterocycles. The van der Waals surface area contributed by atoms with Gasteiger partial charge in [0.25, 0.3) is 5.91 Å². The van der Waals surface area contributed by atoms with E-state index < -0.39 is 0 Å². The zero-order valence-electron chi connectivity index (χ0n) is 12.1. The molecule has 112 valence electrons. The van der Waals surface area contributed by atoms with Gasteiger partial charge in [-0.1, -0.05) is 0 Å². The second-order valence-electron chi connectivity index (χ2n) is 5.65. The summed E-state index contributed by atoms with van der Waals surface area (Å²) in [5, 5.41) is 16.7. The fraction of sp³-hybridized carbons (Fsp3) is 0.500. The van der Waals surface area contributed by atoms with Crippen molar-refractivity contribution in [1.82, 2.24) is 24.6 Å². The highest BCUT2D eigenvalue weighted by Crippen LogP contribution is 2.38. The minimum absolute atomic E-state index is 0.147. The van der Waals surface area contributed by atoms with E-state index in [0.717, 1.165) is 5.56 Å². The number of aliphatic hydroxyl groups is 1. The predicted molar refractivity (Wildman–Crippen MR) is 75.4 cm³/mol. The van der Waals surface area contributed by atoms with Crippen molar-refractivity contribution in [3.05, 3.63) is 36.2 Å². The van der Waals surface area contributed by atoms with Crippen LogP contribution in [0, 0.1) is 5.92 Å². The van der Waals surface area contributed by atoms with Gasteiger partial charge in [-0.25, -0.2) is 4.98 Å². The Labute approximate surface area is 122 Å². The summed E-state index contributed by atoms with van der Waals surface area (Å²) in [5.74, 6) is 0.398. The number of aliphatic hydroxyl groups excluding tert-OH is 1. The third-order valence-corrected chi connectivity index (χ3v) is 4.02. The lowest BCUT2D eigenvalue weighted by Crippen LogP contribution is -2.41. The molecular formula is C14H19N5O2. The van der Waals surface area contributed by atoms with E-state index in [2.05, 4.69) is 15.4 Å². The van der Waals surface area contributed by atoms with E-state index in [0.29, 0.717) is 18.7 Å². The van der Waals surface area contributed by atoms with E-state index >= 15 is 0 Å².